The van der Waals surface area contributed by atoms with E-state index in [4.69, 9.17) is 9.73 Å². The Hall–Kier alpha value is -1.55. The van der Waals surface area contributed by atoms with Crippen molar-refractivity contribution in [1.82, 2.24) is 20.9 Å². The van der Waals surface area contributed by atoms with Crippen LogP contribution in [0.4, 0.5) is 0 Å². The van der Waals surface area contributed by atoms with Crippen LogP contribution in [-0.4, -0.2) is 61.1 Å². The van der Waals surface area contributed by atoms with Crippen molar-refractivity contribution < 1.29 is 9.53 Å². The van der Waals surface area contributed by atoms with Crippen LogP contribution >= 0.6 is 24.0 Å². The molecule has 1 saturated heterocycles. The molecule has 0 spiro atoms. The van der Waals surface area contributed by atoms with E-state index in [1.54, 1.807) is 0 Å². The summed E-state index contributed by atoms with van der Waals surface area (Å²) in [6, 6.07) is 8.44. The van der Waals surface area contributed by atoms with Gasteiger partial charge in [0.1, 0.15) is 11.4 Å². The van der Waals surface area contributed by atoms with Gasteiger partial charge in [0, 0.05) is 37.8 Å². The van der Waals surface area contributed by atoms with E-state index in [2.05, 4.69) is 61.5 Å². The van der Waals surface area contributed by atoms with Crippen LogP contribution in [0.5, 0.6) is 5.75 Å². The van der Waals surface area contributed by atoms with Crippen LogP contribution in [0.1, 0.15) is 59.4 Å². The smallest absolute Gasteiger partial charge is 0.234 e. The van der Waals surface area contributed by atoms with Crippen LogP contribution in [0, 0.1) is 0 Å². The first-order chi connectivity index (χ1) is 14.8. The van der Waals surface area contributed by atoms with Crippen molar-refractivity contribution in [3.05, 3.63) is 29.8 Å². The van der Waals surface area contributed by atoms with E-state index in [-0.39, 0.29) is 35.5 Å². The highest BCUT2D eigenvalue weighted by Crippen LogP contribution is 2.23. The van der Waals surface area contributed by atoms with Crippen LogP contribution in [0.2, 0.25) is 0 Å². The number of ether oxygens (including phenoxy) is 1. The Labute approximate surface area is 211 Å². The lowest BCUT2D eigenvalue weighted by atomic mass is 10.1. The van der Waals surface area contributed by atoms with Gasteiger partial charge in [-0.05, 0) is 53.0 Å². The van der Waals surface area contributed by atoms with E-state index in [1.807, 2.05) is 18.2 Å². The zero-order chi connectivity index (χ0) is 22.7. The minimum Gasteiger partial charge on any atom is -0.488 e. The van der Waals surface area contributed by atoms with Crippen molar-refractivity contribution in [3.63, 3.8) is 0 Å². The number of piperidine rings is 1. The number of halogens is 1. The molecule has 0 bridgehead atoms. The maximum Gasteiger partial charge on any atom is 0.234 e. The molecule has 1 aliphatic rings. The minimum absolute atomic E-state index is 0. The second-order valence-corrected chi connectivity index (χ2v) is 9.06. The molecule has 182 valence electrons. The predicted octanol–water partition coefficient (Wildman–Crippen LogP) is 3.53. The van der Waals surface area contributed by atoms with E-state index < -0.39 is 0 Å². The second kappa shape index (κ2) is 14.6. The highest BCUT2D eigenvalue weighted by molar-refractivity contribution is 14.0. The molecular formula is C24H42IN5O2. The molecule has 32 heavy (non-hydrogen) atoms. The third-order valence-electron chi connectivity index (χ3n) is 5.01. The Morgan fingerprint density at radius 1 is 1.16 bits per heavy atom. The van der Waals surface area contributed by atoms with E-state index in [0.29, 0.717) is 19.1 Å². The second-order valence-electron chi connectivity index (χ2n) is 9.06. The first-order valence-corrected chi connectivity index (χ1v) is 11.6. The quantitative estimate of drug-likeness (QED) is 0.245. The van der Waals surface area contributed by atoms with Gasteiger partial charge in [0.2, 0.25) is 5.91 Å². The Balaban J connectivity index is 0.00000512. The maximum absolute atomic E-state index is 11.9. The summed E-state index contributed by atoms with van der Waals surface area (Å²) in [5, 5.41) is 9.88. The lowest BCUT2D eigenvalue weighted by Gasteiger charge is -2.32. The summed E-state index contributed by atoms with van der Waals surface area (Å²) in [5.74, 6) is 1.83. The SMILES string of the molecule is CCCNC(=O)CN1CCC(NC(=NCc2ccccc2OC(C)(C)C)NCC)CC1.I. The maximum atomic E-state index is 11.9. The van der Waals surface area contributed by atoms with Crippen molar-refractivity contribution in [3.8, 4) is 5.75 Å². The van der Waals surface area contributed by atoms with Gasteiger partial charge in [-0.2, -0.15) is 0 Å². The molecule has 0 aromatic heterocycles. The van der Waals surface area contributed by atoms with E-state index in [9.17, 15) is 4.79 Å². The molecule has 0 radical (unpaired) electrons. The highest BCUT2D eigenvalue weighted by Gasteiger charge is 2.21. The molecule has 1 heterocycles. The topological polar surface area (TPSA) is 78.0 Å². The van der Waals surface area contributed by atoms with Crippen molar-refractivity contribution in [2.75, 3.05) is 32.7 Å². The number of likely N-dealkylation sites (tertiary alicyclic amines) is 1. The highest BCUT2D eigenvalue weighted by atomic mass is 127. The van der Waals surface area contributed by atoms with Gasteiger partial charge in [0.15, 0.2) is 5.96 Å². The molecule has 0 atom stereocenters. The Morgan fingerprint density at radius 3 is 2.47 bits per heavy atom. The molecule has 1 fully saturated rings. The number of rotatable bonds is 9. The van der Waals surface area contributed by atoms with Crippen LogP contribution in [0.3, 0.4) is 0 Å². The van der Waals surface area contributed by atoms with Gasteiger partial charge in [-0.25, -0.2) is 4.99 Å². The number of carbonyl (C=O) groups excluding carboxylic acids is 1. The number of hydrogen-bond donors (Lipinski definition) is 3. The Morgan fingerprint density at radius 2 is 1.84 bits per heavy atom. The fourth-order valence-corrected chi connectivity index (χ4v) is 3.50. The van der Waals surface area contributed by atoms with Gasteiger partial charge >= 0.3 is 0 Å². The standard InChI is InChI=1S/C24H41N5O2.HI/c1-6-14-26-22(30)18-29-15-12-20(13-16-29)28-23(25-7-2)27-17-19-10-8-9-11-21(19)31-24(3,4)5;/h8-11,20H,6-7,12-18H2,1-5H3,(H,26,30)(H2,25,27,28);1H. The normalized spacial score (nSPS) is 15.6. The molecule has 1 aromatic rings. The number of guanidine groups is 1. The molecule has 3 N–H and O–H groups in total. The molecule has 0 aliphatic carbocycles. The summed E-state index contributed by atoms with van der Waals surface area (Å²) < 4.78 is 6.09. The Kier molecular flexibility index (Phi) is 13.0. The van der Waals surface area contributed by atoms with Gasteiger partial charge < -0.3 is 20.7 Å². The Bertz CT molecular complexity index is 713. The first-order valence-electron chi connectivity index (χ1n) is 11.6. The summed E-state index contributed by atoms with van der Waals surface area (Å²) in [5.41, 5.74) is 0.826. The van der Waals surface area contributed by atoms with Gasteiger partial charge in [0.25, 0.3) is 0 Å². The van der Waals surface area contributed by atoms with Crippen molar-refractivity contribution >= 4 is 35.8 Å². The summed E-state index contributed by atoms with van der Waals surface area (Å²) in [4.78, 5) is 19.0. The first kappa shape index (κ1) is 28.5. The van der Waals surface area contributed by atoms with Crippen LogP contribution < -0.4 is 20.7 Å². The third kappa shape index (κ3) is 10.8. The van der Waals surface area contributed by atoms with Gasteiger partial charge in [-0.1, -0.05) is 25.1 Å². The number of para-hydroxylation sites is 1. The third-order valence-corrected chi connectivity index (χ3v) is 5.01. The number of nitrogens with zero attached hydrogens (tertiary/aromatic N) is 2. The molecule has 0 unspecified atom stereocenters. The van der Waals surface area contributed by atoms with E-state index in [1.165, 1.54) is 0 Å². The summed E-state index contributed by atoms with van der Waals surface area (Å²) in [7, 11) is 0. The van der Waals surface area contributed by atoms with Crippen LogP contribution in [0.15, 0.2) is 29.3 Å². The summed E-state index contributed by atoms with van der Waals surface area (Å²) in [6.45, 7) is 14.7. The molecular weight excluding hydrogens is 517 g/mol. The van der Waals surface area contributed by atoms with Gasteiger partial charge in [-0.3, -0.25) is 9.69 Å². The van der Waals surface area contributed by atoms with E-state index >= 15 is 0 Å². The molecule has 2 rings (SSSR count). The van der Waals surface area contributed by atoms with Crippen molar-refractivity contribution in [2.24, 2.45) is 4.99 Å². The monoisotopic (exact) mass is 559 g/mol. The molecule has 1 aromatic carbocycles. The fraction of sp³-hybridized carbons (Fsp3) is 0.667. The fourth-order valence-electron chi connectivity index (χ4n) is 3.50. The lowest BCUT2D eigenvalue weighted by Crippen LogP contribution is -2.50. The molecule has 8 heteroatoms. The number of aliphatic imine (C=N–C) groups is 1. The average Bonchev–Trinajstić information content (AvgIpc) is 2.72. The van der Waals surface area contributed by atoms with E-state index in [0.717, 1.165) is 62.7 Å². The molecule has 7 nitrogen and oxygen atoms in total. The zero-order valence-electron chi connectivity index (χ0n) is 20.4. The number of benzene rings is 1. The van der Waals surface area contributed by atoms with Crippen LogP contribution in [0.25, 0.3) is 0 Å². The predicted molar refractivity (Wildman–Crippen MR) is 143 cm³/mol. The molecule has 0 saturated carbocycles. The molecule has 1 amide bonds. The zero-order valence-corrected chi connectivity index (χ0v) is 22.7. The summed E-state index contributed by atoms with van der Waals surface area (Å²) in [6.07, 6.45) is 2.96. The van der Waals surface area contributed by atoms with Crippen molar-refractivity contribution in [2.45, 2.75) is 72.1 Å². The van der Waals surface area contributed by atoms with Gasteiger partial charge in [0.05, 0.1) is 13.1 Å². The van der Waals surface area contributed by atoms with Crippen molar-refractivity contribution in [1.29, 1.82) is 0 Å². The minimum atomic E-state index is -0.246. The van der Waals surface area contributed by atoms with Crippen LogP contribution in [-0.2, 0) is 11.3 Å². The number of amides is 1. The van der Waals surface area contributed by atoms with Gasteiger partial charge in [-0.15, -0.1) is 24.0 Å². The average molecular weight is 560 g/mol. The number of carbonyl (C=O) groups is 1. The lowest BCUT2D eigenvalue weighted by molar-refractivity contribution is -0.122. The number of nitrogens with one attached hydrogen (secondary N) is 3. The summed E-state index contributed by atoms with van der Waals surface area (Å²) >= 11 is 0. The molecule has 1 aliphatic heterocycles. The number of hydrogen-bond acceptors (Lipinski definition) is 4. The largest absolute Gasteiger partial charge is 0.488 e.